The Kier molecular flexibility index (Phi) is 12.3. The normalized spacial score (nSPS) is 17.6. The fourth-order valence-electron chi connectivity index (χ4n) is 6.32. The smallest absolute Gasteiger partial charge is 0.407 e. The van der Waals surface area contributed by atoms with Crippen molar-refractivity contribution in [1.82, 2.24) is 4.90 Å². The van der Waals surface area contributed by atoms with E-state index in [1.807, 2.05) is 43.3 Å². The summed E-state index contributed by atoms with van der Waals surface area (Å²) < 4.78 is 28.8. The second kappa shape index (κ2) is 17.0. The number of likely N-dealkylation sites (tertiary alicyclic amines) is 1. The third-order valence-electron chi connectivity index (χ3n) is 8.74. The summed E-state index contributed by atoms with van der Waals surface area (Å²) in [6.45, 7) is 5.89. The Bertz CT molecular complexity index is 1460. The maximum Gasteiger partial charge on any atom is 0.407 e. The van der Waals surface area contributed by atoms with Gasteiger partial charge < -0.3 is 38.6 Å². The summed E-state index contributed by atoms with van der Waals surface area (Å²) in [5, 5.41) is 9.72. The van der Waals surface area contributed by atoms with E-state index in [1.165, 1.54) is 10.5 Å². The molecule has 0 bridgehead atoms. The molecule has 2 unspecified atom stereocenters. The van der Waals surface area contributed by atoms with E-state index in [9.17, 15) is 14.7 Å². The molecular formula is C37H46N2O8. The monoisotopic (exact) mass is 646 g/mol. The first kappa shape index (κ1) is 34.1. The summed E-state index contributed by atoms with van der Waals surface area (Å²) in [6.07, 6.45) is 2.13. The van der Waals surface area contributed by atoms with Crippen LogP contribution in [-0.2, 0) is 38.6 Å². The number of para-hydroxylation sites is 1. The second-order valence-corrected chi connectivity index (χ2v) is 11.9. The van der Waals surface area contributed by atoms with Crippen LogP contribution in [0.3, 0.4) is 0 Å². The maximum atomic E-state index is 12.2. The van der Waals surface area contributed by atoms with Crippen LogP contribution in [0.15, 0.2) is 66.7 Å². The Morgan fingerprint density at radius 1 is 0.979 bits per heavy atom. The van der Waals surface area contributed by atoms with Crippen LogP contribution in [-0.4, -0.2) is 81.3 Å². The molecular weight excluding hydrogens is 600 g/mol. The molecule has 1 saturated heterocycles. The van der Waals surface area contributed by atoms with Crippen molar-refractivity contribution in [2.75, 3.05) is 58.0 Å². The Morgan fingerprint density at radius 3 is 2.60 bits per heavy atom. The van der Waals surface area contributed by atoms with Gasteiger partial charge in [-0.2, -0.15) is 0 Å². The lowest BCUT2D eigenvalue weighted by Crippen LogP contribution is -2.46. The number of rotatable bonds is 15. The predicted molar refractivity (Wildman–Crippen MR) is 178 cm³/mol. The van der Waals surface area contributed by atoms with Crippen molar-refractivity contribution >= 4 is 17.7 Å². The van der Waals surface area contributed by atoms with Crippen molar-refractivity contribution in [3.05, 3.63) is 89.0 Å². The minimum Gasteiger partial charge on any atom is -0.496 e. The molecule has 252 valence electrons. The van der Waals surface area contributed by atoms with Gasteiger partial charge >= 0.3 is 12.1 Å². The maximum absolute atomic E-state index is 12.2. The number of amides is 1. The molecule has 3 aromatic rings. The van der Waals surface area contributed by atoms with Crippen molar-refractivity contribution < 1.29 is 38.4 Å². The van der Waals surface area contributed by atoms with Crippen LogP contribution in [0.2, 0.25) is 0 Å². The second-order valence-electron chi connectivity index (χ2n) is 11.9. The molecule has 2 aliphatic heterocycles. The Balaban J connectivity index is 1.15. The average molecular weight is 647 g/mol. The van der Waals surface area contributed by atoms with E-state index in [1.54, 1.807) is 7.11 Å². The molecule has 3 aromatic carbocycles. The SMILES string of the molecule is CCOC(=O)CN1CCCc2ccc(COC3CN(C(=O)O)CCC3c3ccc(OCCCOCc4ccccc4OC)cc3)cc21. The van der Waals surface area contributed by atoms with Gasteiger partial charge in [-0.25, -0.2) is 4.79 Å². The molecule has 1 N–H and O–H groups in total. The number of benzene rings is 3. The molecule has 0 radical (unpaired) electrons. The minimum absolute atomic E-state index is 0.0426. The zero-order chi connectivity index (χ0) is 33.0. The zero-order valence-corrected chi connectivity index (χ0v) is 27.4. The van der Waals surface area contributed by atoms with Crippen LogP contribution in [0.25, 0.3) is 0 Å². The molecule has 1 fully saturated rings. The molecule has 2 heterocycles. The van der Waals surface area contributed by atoms with Gasteiger partial charge in [-0.3, -0.25) is 4.79 Å². The van der Waals surface area contributed by atoms with Crippen LogP contribution in [0.5, 0.6) is 11.5 Å². The van der Waals surface area contributed by atoms with Crippen molar-refractivity contribution in [2.45, 2.75) is 57.8 Å². The Labute approximate surface area is 277 Å². The molecule has 10 heteroatoms. The lowest BCUT2D eigenvalue weighted by Gasteiger charge is -2.37. The predicted octanol–water partition coefficient (Wildman–Crippen LogP) is 6.05. The Hall–Kier alpha value is -4.28. The summed E-state index contributed by atoms with van der Waals surface area (Å²) in [5.74, 6) is 1.41. The highest BCUT2D eigenvalue weighted by molar-refractivity contribution is 5.77. The van der Waals surface area contributed by atoms with Crippen molar-refractivity contribution in [1.29, 1.82) is 0 Å². The summed E-state index contributed by atoms with van der Waals surface area (Å²) in [5.41, 5.74) is 5.35. The van der Waals surface area contributed by atoms with Gasteiger partial charge in [0.15, 0.2) is 0 Å². The molecule has 0 aromatic heterocycles. The molecule has 10 nitrogen and oxygen atoms in total. The Morgan fingerprint density at radius 2 is 1.81 bits per heavy atom. The van der Waals surface area contributed by atoms with E-state index in [0.717, 1.165) is 59.7 Å². The number of esters is 1. The zero-order valence-electron chi connectivity index (χ0n) is 27.4. The third-order valence-corrected chi connectivity index (χ3v) is 8.74. The van der Waals surface area contributed by atoms with Crippen molar-refractivity contribution in [3.63, 3.8) is 0 Å². The van der Waals surface area contributed by atoms with E-state index >= 15 is 0 Å². The van der Waals surface area contributed by atoms with Crippen LogP contribution in [0, 0.1) is 0 Å². The molecule has 0 spiro atoms. The van der Waals surface area contributed by atoms with Crippen LogP contribution < -0.4 is 14.4 Å². The lowest BCUT2D eigenvalue weighted by atomic mass is 9.87. The first-order valence-electron chi connectivity index (χ1n) is 16.5. The number of ether oxygens (including phenoxy) is 5. The van der Waals surface area contributed by atoms with Gasteiger partial charge in [-0.1, -0.05) is 42.5 Å². The number of carbonyl (C=O) groups is 2. The summed E-state index contributed by atoms with van der Waals surface area (Å²) in [7, 11) is 1.66. The number of fused-ring (bicyclic) bond motifs is 1. The number of carbonyl (C=O) groups excluding carboxylic acids is 1. The summed E-state index contributed by atoms with van der Waals surface area (Å²) >= 11 is 0. The number of carboxylic acid groups (broad SMARTS) is 1. The average Bonchev–Trinajstić information content (AvgIpc) is 3.09. The highest BCUT2D eigenvalue weighted by Crippen LogP contribution is 2.33. The fourth-order valence-corrected chi connectivity index (χ4v) is 6.32. The van der Waals surface area contributed by atoms with Gasteiger partial charge in [0.1, 0.15) is 18.0 Å². The van der Waals surface area contributed by atoms with E-state index in [-0.39, 0.29) is 24.5 Å². The standard InChI is InChI=1S/C37H46N2O8/c1-3-45-36(40)24-38-18-6-9-29-12-11-27(22-33(29)38)25-47-35-23-39(37(41)42)19-17-32(35)28-13-15-31(16-14-28)46-21-7-20-44-26-30-8-4-5-10-34(30)43-2/h4-5,8,10-16,22,32,35H,3,6-7,9,17-21,23-26H2,1-2H3,(H,41,42). The van der Waals surface area contributed by atoms with Gasteiger partial charge in [-0.05, 0) is 67.1 Å². The van der Waals surface area contributed by atoms with E-state index in [2.05, 4.69) is 35.2 Å². The van der Waals surface area contributed by atoms with Gasteiger partial charge in [0.25, 0.3) is 0 Å². The number of hydrogen-bond acceptors (Lipinski definition) is 8. The first-order chi connectivity index (χ1) is 22.9. The minimum atomic E-state index is -0.934. The van der Waals surface area contributed by atoms with E-state index < -0.39 is 6.09 Å². The van der Waals surface area contributed by atoms with E-state index in [4.69, 9.17) is 23.7 Å². The molecule has 47 heavy (non-hydrogen) atoms. The number of methoxy groups -OCH3 is 1. The number of nitrogens with zero attached hydrogens (tertiary/aromatic N) is 2. The van der Waals surface area contributed by atoms with Crippen molar-refractivity contribution in [2.24, 2.45) is 0 Å². The molecule has 5 rings (SSSR count). The molecule has 2 atom stereocenters. The number of piperidine rings is 1. The molecule has 0 saturated carbocycles. The van der Waals surface area contributed by atoms with E-state index in [0.29, 0.717) is 52.5 Å². The highest BCUT2D eigenvalue weighted by Gasteiger charge is 2.33. The number of aryl methyl sites for hydroxylation is 1. The quantitative estimate of drug-likeness (QED) is 0.156. The van der Waals surface area contributed by atoms with Crippen LogP contribution >= 0.6 is 0 Å². The van der Waals surface area contributed by atoms with Crippen molar-refractivity contribution in [3.8, 4) is 11.5 Å². The molecule has 1 amide bonds. The summed E-state index contributed by atoms with van der Waals surface area (Å²) in [4.78, 5) is 27.6. The van der Waals surface area contributed by atoms with Crippen LogP contribution in [0.4, 0.5) is 10.5 Å². The summed E-state index contributed by atoms with van der Waals surface area (Å²) in [6, 6.07) is 22.1. The molecule has 0 aliphatic carbocycles. The first-order valence-corrected chi connectivity index (χ1v) is 16.5. The largest absolute Gasteiger partial charge is 0.496 e. The fraction of sp³-hybridized carbons (Fsp3) is 0.459. The van der Waals surface area contributed by atoms with Gasteiger partial charge in [-0.15, -0.1) is 0 Å². The lowest BCUT2D eigenvalue weighted by molar-refractivity contribution is -0.141. The highest BCUT2D eigenvalue weighted by atomic mass is 16.5. The number of hydrogen-bond donors (Lipinski definition) is 1. The molecule has 2 aliphatic rings. The van der Waals surface area contributed by atoms with Gasteiger partial charge in [0.2, 0.25) is 0 Å². The van der Waals surface area contributed by atoms with Gasteiger partial charge in [0, 0.05) is 36.7 Å². The van der Waals surface area contributed by atoms with Gasteiger partial charge in [0.05, 0.1) is 52.8 Å². The third kappa shape index (κ3) is 9.39. The topological polar surface area (TPSA) is 107 Å². The number of anilines is 1. The van der Waals surface area contributed by atoms with Crippen LogP contribution in [0.1, 0.15) is 54.4 Å².